The molecule has 1 N–H and O–H groups in total. The van der Waals surface area contributed by atoms with Crippen molar-refractivity contribution >= 4 is 40.2 Å². The lowest BCUT2D eigenvalue weighted by molar-refractivity contribution is -0.119. The number of nitrogens with one attached hydrogen (secondary N) is 1. The average Bonchev–Trinajstić information content (AvgIpc) is 2.82. The largest absolute Gasteiger partial charge is 0.452 e. The number of carbonyl (C=O) groups excluding carboxylic acids is 2. The molecular formula is C24H19N3O3S. The summed E-state index contributed by atoms with van der Waals surface area (Å²) < 4.78 is 5.33. The van der Waals surface area contributed by atoms with Crippen molar-refractivity contribution in [2.45, 2.75) is 4.90 Å². The van der Waals surface area contributed by atoms with Gasteiger partial charge in [0.05, 0.1) is 22.5 Å². The first kappa shape index (κ1) is 20.6. The Kier molecular flexibility index (Phi) is 6.24. The van der Waals surface area contributed by atoms with E-state index in [1.807, 2.05) is 54.8 Å². The Bertz CT molecular complexity index is 1250. The number of benzene rings is 2. The van der Waals surface area contributed by atoms with Gasteiger partial charge in [0.1, 0.15) is 0 Å². The SMILES string of the molecule is CSc1ccccc1NC(=O)COC(=O)c1cc(-c2cccnc2)nc2ccccc12. The third kappa shape index (κ3) is 4.73. The highest BCUT2D eigenvalue weighted by Gasteiger charge is 2.17. The monoisotopic (exact) mass is 429 g/mol. The number of amides is 1. The van der Waals surface area contributed by atoms with Gasteiger partial charge >= 0.3 is 5.97 Å². The van der Waals surface area contributed by atoms with Crippen LogP contribution in [0.2, 0.25) is 0 Å². The predicted molar refractivity (Wildman–Crippen MR) is 122 cm³/mol. The molecule has 2 aromatic heterocycles. The number of aromatic nitrogens is 2. The number of thioether (sulfide) groups is 1. The zero-order valence-electron chi connectivity index (χ0n) is 16.7. The molecule has 4 rings (SSSR count). The zero-order valence-corrected chi connectivity index (χ0v) is 17.6. The van der Waals surface area contributed by atoms with Gasteiger partial charge in [0.25, 0.3) is 5.91 Å². The van der Waals surface area contributed by atoms with Crippen molar-refractivity contribution < 1.29 is 14.3 Å². The lowest BCUT2D eigenvalue weighted by atomic mass is 10.1. The first-order valence-electron chi connectivity index (χ1n) is 9.56. The highest BCUT2D eigenvalue weighted by Crippen LogP contribution is 2.26. The van der Waals surface area contributed by atoms with Crippen molar-refractivity contribution in [3.63, 3.8) is 0 Å². The molecule has 0 aliphatic carbocycles. The van der Waals surface area contributed by atoms with Crippen LogP contribution in [0.4, 0.5) is 5.69 Å². The number of para-hydroxylation sites is 2. The molecule has 7 heteroatoms. The van der Waals surface area contributed by atoms with Crippen molar-refractivity contribution in [2.24, 2.45) is 0 Å². The first-order chi connectivity index (χ1) is 15.2. The Labute approximate surface area is 183 Å². The van der Waals surface area contributed by atoms with Gasteiger partial charge in [-0.3, -0.25) is 9.78 Å². The van der Waals surface area contributed by atoms with Crippen LogP contribution in [-0.2, 0) is 9.53 Å². The Balaban J connectivity index is 1.55. The molecule has 0 saturated heterocycles. The molecule has 154 valence electrons. The number of fused-ring (bicyclic) bond motifs is 1. The summed E-state index contributed by atoms with van der Waals surface area (Å²) in [4.78, 5) is 34.9. The van der Waals surface area contributed by atoms with Crippen LogP contribution in [0.25, 0.3) is 22.2 Å². The maximum Gasteiger partial charge on any atom is 0.339 e. The van der Waals surface area contributed by atoms with Crippen molar-refractivity contribution in [1.82, 2.24) is 9.97 Å². The highest BCUT2D eigenvalue weighted by molar-refractivity contribution is 7.98. The number of ether oxygens (including phenoxy) is 1. The van der Waals surface area contributed by atoms with Crippen LogP contribution in [0, 0.1) is 0 Å². The molecule has 0 saturated carbocycles. The summed E-state index contributed by atoms with van der Waals surface area (Å²) in [5, 5.41) is 3.45. The summed E-state index contributed by atoms with van der Waals surface area (Å²) in [6, 6.07) is 20.1. The molecule has 6 nitrogen and oxygen atoms in total. The minimum absolute atomic E-state index is 0.349. The molecule has 0 unspecified atom stereocenters. The number of nitrogens with zero attached hydrogens (tertiary/aromatic N) is 2. The van der Waals surface area contributed by atoms with Gasteiger partial charge < -0.3 is 10.1 Å². The number of esters is 1. The number of carbonyl (C=O) groups is 2. The standard InChI is InChI=1S/C24H19N3O3S/c1-31-22-11-5-4-10-20(22)27-23(28)15-30-24(29)18-13-21(16-7-6-12-25-14-16)26-19-9-3-2-8-17(18)19/h2-14H,15H2,1H3,(H,27,28). The van der Waals surface area contributed by atoms with Gasteiger partial charge in [-0.05, 0) is 42.7 Å². The summed E-state index contributed by atoms with van der Waals surface area (Å²) in [7, 11) is 0. The molecule has 0 bridgehead atoms. The molecule has 2 heterocycles. The minimum atomic E-state index is -0.586. The van der Waals surface area contributed by atoms with Crippen LogP contribution >= 0.6 is 11.8 Å². The van der Waals surface area contributed by atoms with Crippen molar-refractivity contribution in [1.29, 1.82) is 0 Å². The molecule has 0 radical (unpaired) electrons. The molecule has 0 atom stereocenters. The quantitative estimate of drug-likeness (QED) is 0.350. The van der Waals surface area contributed by atoms with Crippen LogP contribution in [0.15, 0.2) is 84.0 Å². The van der Waals surface area contributed by atoms with Gasteiger partial charge in [-0.1, -0.05) is 30.3 Å². The smallest absolute Gasteiger partial charge is 0.339 e. The van der Waals surface area contributed by atoms with Crippen LogP contribution < -0.4 is 5.32 Å². The van der Waals surface area contributed by atoms with Gasteiger partial charge in [-0.2, -0.15) is 0 Å². The molecule has 0 aliphatic heterocycles. The number of hydrogen-bond acceptors (Lipinski definition) is 6. The molecule has 31 heavy (non-hydrogen) atoms. The molecule has 2 aromatic carbocycles. The second-order valence-corrected chi connectivity index (χ2v) is 7.49. The maximum atomic E-state index is 12.9. The predicted octanol–water partition coefficient (Wildman–Crippen LogP) is 4.81. The average molecular weight is 430 g/mol. The van der Waals surface area contributed by atoms with Crippen molar-refractivity contribution in [2.75, 3.05) is 18.2 Å². The van der Waals surface area contributed by atoms with Crippen LogP contribution in [0.3, 0.4) is 0 Å². The third-order valence-electron chi connectivity index (χ3n) is 4.61. The van der Waals surface area contributed by atoms with E-state index in [0.29, 0.717) is 27.8 Å². The fourth-order valence-electron chi connectivity index (χ4n) is 3.15. The normalized spacial score (nSPS) is 10.6. The molecule has 4 aromatic rings. The molecule has 0 fully saturated rings. The topological polar surface area (TPSA) is 81.2 Å². The Hall–Kier alpha value is -3.71. The van der Waals surface area contributed by atoms with E-state index < -0.39 is 11.9 Å². The van der Waals surface area contributed by atoms with E-state index in [9.17, 15) is 9.59 Å². The van der Waals surface area contributed by atoms with Gasteiger partial charge in [0, 0.05) is 28.2 Å². The highest BCUT2D eigenvalue weighted by atomic mass is 32.2. The van der Waals surface area contributed by atoms with E-state index in [4.69, 9.17) is 4.74 Å². The second kappa shape index (κ2) is 9.40. The van der Waals surface area contributed by atoms with Crippen LogP contribution in [-0.4, -0.2) is 34.7 Å². The zero-order chi connectivity index (χ0) is 21.6. The van der Waals surface area contributed by atoms with E-state index in [2.05, 4.69) is 15.3 Å². The Morgan fingerprint density at radius 1 is 1.03 bits per heavy atom. The lowest BCUT2D eigenvalue weighted by Gasteiger charge is -2.11. The van der Waals surface area contributed by atoms with E-state index in [1.54, 1.807) is 30.6 Å². The van der Waals surface area contributed by atoms with E-state index in [-0.39, 0.29) is 6.61 Å². The fourth-order valence-corrected chi connectivity index (χ4v) is 3.70. The number of anilines is 1. The minimum Gasteiger partial charge on any atom is -0.452 e. The summed E-state index contributed by atoms with van der Waals surface area (Å²) >= 11 is 1.53. The summed E-state index contributed by atoms with van der Waals surface area (Å²) in [6.07, 6.45) is 5.29. The Morgan fingerprint density at radius 3 is 2.65 bits per heavy atom. The van der Waals surface area contributed by atoms with Crippen molar-refractivity contribution in [3.05, 3.63) is 84.7 Å². The van der Waals surface area contributed by atoms with E-state index >= 15 is 0 Å². The summed E-state index contributed by atoms with van der Waals surface area (Å²) in [5.41, 5.74) is 3.09. The summed E-state index contributed by atoms with van der Waals surface area (Å²) in [5.74, 6) is -0.988. The molecule has 1 amide bonds. The molecular weight excluding hydrogens is 410 g/mol. The van der Waals surface area contributed by atoms with E-state index in [0.717, 1.165) is 10.5 Å². The molecule has 0 aliphatic rings. The number of pyridine rings is 2. The molecule has 0 spiro atoms. The van der Waals surface area contributed by atoms with Crippen LogP contribution in [0.1, 0.15) is 10.4 Å². The van der Waals surface area contributed by atoms with Crippen LogP contribution in [0.5, 0.6) is 0 Å². The number of hydrogen-bond donors (Lipinski definition) is 1. The Morgan fingerprint density at radius 2 is 1.84 bits per heavy atom. The second-order valence-electron chi connectivity index (χ2n) is 6.64. The fraction of sp³-hybridized carbons (Fsp3) is 0.0833. The van der Waals surface area contributed by atoms with Gasteiger partial charge in [0.15, 0.2) is 6.61 Å². The van der Waals surface area contributed by atoms with E-state index in [1.165, 1.54) is 11.8 Å². The lowest BCUT2D eigenvalue weighted by Crippen LogP contribution is -2.21. The number of rotatable bonds is 6. The first-order valence-corrected chi connectivity index (χ1v) is 10.8. The summed E-state index contributed by atoms with van der Waals surface area (Å²) in [6.45, 7) is -0.388. The maximum absolute atomic E-state index is 12.9. The van der Waals surface area contributed by atoms with Crippen molar-refractivity contribution in [3.8, 4) is 11.3 Å². The van der Waals surface area contributed by atoms with Gasteiger partial charge in [-0.25, -0.2) is 9.78 Å². The van der Waals surface area contributed by atoms with Gasteiger partial charge in [0.2, 0.25) is 0 Å². The van der Waals surface area contributed by atoms with Gasteiger partial charge in [-0.15, -0.1) is 11.8 Å². The third-order valence-corrected chi connectivity index (χ3v) is 5.40.